The highest BCUT2D eigenvalue weighted by Gasteiger charge is 2.22. The fourth-order valence-electron chi connectivity index (χ4n) is 3.38. The molecule has 1 aliphatic rings. The van der Waals surface area contributed by atoms with Crippen LogP contribution in [0.3, 0.4) is 0 Å². The first-order valence-corrected chi connectivity index (χ1v) is 9.66. The number of hydrogen-bond acceptors (Lipinski definition) is 4. The molecular formula is C20H25ClN4O. The molecule has 1 fully saturated rings. The zero-order valence-corrected chi connectivity index (χ0v) is 15.9. The number of carbonyl (C=O) groups is 1. The Morgan fingerprint density at radius 3 is 2.73 bits per heavy atom. The van der Waals surface area contributed by atoms with Gasteiger partial charge < -0.3 is 10.2 Å². The minimum Gasteiger partial charge on any atom is -0.352 e. The number of nitrogens with one attached hydrogen (secondary N) is 1. The first kappa shape index (κ1) is 18.6. The van der Waals surface area contributed by atoms with Gasteiger partial charge in [0.1, 0.15) is 11.5 Å². The van der Waals surface area contributed by atoms with Gasteiger partial charge in [-0.2, -0.15) is 0 Å². The summed E-state index contributed by atoms with van der Waals surface area (Å²) in [5, 5.41) is 3.61. The van der Waals surface area contributed by atoms with Crippen molar-refractivity contribution in [3.05, 3.63) is 52.9 Å². The van der Waals surface area contributed by atoms with Gasteiger partial charge in [-0.25, -0.2) is 9.97 Å². The molecular weight excluding hydrogens is 348 g/mol. The minimum absolute atomic E-state index is 0.191. The molecule has 0 bridgehead atoms. The van der Waals surface area contributed by atoms with E-state index in [1.165, 1.54) is 19.3 Å². The minimum atomic E-state index is -0.191. The van der Waals surface area contributed by atoms with Crippen molar-refractivity contribution in [2.45, 2.75) is 45.1 Å². The van der Waals surface area contributed by atoms with Crippen molar-refractivity contribution in [2.75, 3.05) is 18.0 Å². The lowest BCUT2D eigenvalue weighted by Gasteiger charge is -2.35. The van der Waals surface area contributed by atoms with Crippen LogP contribution in [0.5, 0.6) is 0 Å². The number of benzene rings is 1. The first-order valence-electron chi connectivity index (χ1n) is 9.28. The first-order chi connectivity index (χ1) is 12.7. The standard InChI is InChI=1S/C20H25ClN4O/c1-2-17-5-3-4-12-25(17)19-14-23-18(13-24-19)20(26)22-11-10-15-6-8-16(21)9-7-15/h6-9,13-14,17H,2-5,10-12H2,1H3,(H,22,26). The molecule has 6 heteroatoms. The van der Waals surface area contributed by atoms with Crippen LogP contribution in [0.25, 0.3) is 0 Å². The Morgan fingerprint density at radius 1 is 1.23 bits per heavy atom. The predicted molar refractivity (Wildman–Crippen MR) is 105 cm³/mol. The molecule has 1 saturated heterocycles. The number of carbonyl (C=O) groups excluding carboxylic acids is 1. The number of hydrogen-bond donors (Lipinski definition) is 1. The van der Waals surface area contributed by atoms with E-state index in [2.05, 4.69) is 27.1 Å². The van der Waals surface area contributed by atoms with E-state index < -0.39 is 0 Å². The van der Waals surface area contributed by atoms with Gasteiger partial charge in [0.15, 0.2) is 0 Å². The van der Waals surface area contributed by atoms with Gasteiger partial charge in [-0.1, -0.05) is 30.7 Å². The highest BCUT2D eigenvalue weighted by molar-refractivity contribution is 6.30. The molecule has 3 rings (SSSR count). The Labute approximate surface area is 159 Å². The lowest BCUT2D eigenvalue weighted by Crippen LogP contribution is -2.39. The molecule has 138 valence electrons. The summed E-state index contributed by atoms with van der Waals surface area (Å²) in [5.41, 5.74) is 1.49. The number of halogens is 1. The van der Waals surface area contributed by atoms with Crippen LogP contribution in [0, 0.1) is 0 Å². The Kier molecular flexibility index (Phi) is 6.45. The monoisotopic (exact) mass is 372 g/mol. The van der Waals surface area contributed by atoms with E-state index in [4.69, 9.17) is 11.6 Å². The summed E-state index contributed by atoms with van der Waals surface area (Å²) in [6.07, 6.45) is 8.82. The highest BCUT2D eigenvalue weighted by Crippen LogP contribution is 2.24. The molecule has 1 N–H and O–H groups in total. The van der Waals surface area contributed by atoms with Gasteiger partial charge in [-0.3, -0.25) is 4.79 Å². The number of amides is 1. The maximum Gasteiger partial charge on any atom is 0.271 e. The Bertz CT molecular complexity index is 718. The van der Waals surface area contributed by atoms with Crippen LogP contribution in [0.2, 0.25) is 5.02 Å². The van der Waals surface area contributed by atoms with Crippen molar-refractivity contribution in [3.8, 4) is 0 Å². The molecule has 1 unspecified atom stereocenters. The molecule has 2 heterocycles. The summed E-state index contributed by atoms with van der Waals surface area (Å²) in [4.78, 5) is 23.4. The van der Waals surface area contributed by atoms with Gasteiger partial charge in [0.25, 0.3) is 5.91 Å². The average molecular weight is 373 g/mol. The zero-order valence-electron chi connectivity index (χ0n) is 15.1. The smallest absolute Gasteiger partial charge is 0.271 e. The molecule has 5 nitrogen and oxygen atoms in total. The van der Waals surface area contributed by atoms with Gasteiger partial charge in [0, 0.05) is 24.2 Å². The van der Waals surface area contributed by atoms with Crippen molar-refractivity contribution in [1.29, 1.82) is 0 Å². The number of aromatic nitrogens is 2. The van der Waals surface area contributed by atoms with Crippen LogP contribution < -0.4 is 10.2 Å². The maximum atomic E-state index is 12.2. The van der Waals surface area contributed by atoms with Crippen molar-refractivity contribution in [1.82, 2.24) is 15.3 Å². The van der Waals surface area contributed by atoms with E-state index in [9.17, 15) is 4.79 Å². The second kappa shape index (κ2) is 8.99. The summed E-state index contributed by atoms with van der Waals surface area (Å²) in [5.74, 6) is 0.679. The van der Waals surface area contributed by atoms with Gasteiger partial charge in [-0.15, -0.1) is 0 Å². The van der Waals surface area contributed by atoms with Crippen LogP contribution in [-0.2, 0) is 6.42 Å². The number of piperidine rings is 1. The summed E-state index contributed by atoms with van der Waals surface area (Å²) in [7, 11) is 0. The molecule has 26 heavy (non-hydrogen) atoms. The summed E-state index contributed by atoms with van der Waals surface area (Å²) >= 11 is 5.87. The van der Waals surface area contributed by atoms with E-state index in [0.29, 0.717) is 23.3 Å². The molecule has 0 saturated carbocycles. The van der Waals surface area contributed by atoms with E-state index in [1.807, 2.05) is 24.3 Å². The zero-order chi connectivity index (χ0) is 18.4. The molecule has 0 radical (unpaired) electrons. The molecule has 1 atom stereocenters. The third kappa shape index (κ3) is 4.73. The number of anilines is 1. The van der Waals surface area contributed by atoms with Gasteiger partial charge >= 0.3 is 0 Å². The molecule has 1 aromatic carbocycles. The Hall–Kier alpha value is -2.14. The van der Waals surface area contributed by atoms with E-state index in [0.717, 1.165) is 30.8 Å². The highest BCUT2D eigenvalue weighted by atomic mass is 35.5. The Morgan fingerprint density at radius 2 is 2.04 bits per heavy atom. The molecule has 1 aromatic heterocycles. The van der Waals surface area contributed by atoms with Crippen molar-refractivity contribution >= 4 is 23.3 Å². The van der Waals surface area contributed by atoms with Gasteiger partial charge in [-0.05, 0) is 49.8 Å². The molecule has 2 aromatic rings. The topological polar surface area (TPSA) is 58.1 Å². The van der Waals surface area contributed by atoms with Crippen molar-refractivity contribution in [2.24, 2.45) is 0 Å². The van der Waals surface area contributed by atoms with Gasteiger partial charge in [0.2, 0.25) is 0 Å². The van der Waals surface area contributed by atoms with E-state index >= 15 is 0 Å². The quantitative estimate of drug-likeness (QED) is 0.836. The second-order valence-electron chi connectivity index (χ2n) is 6.64. The van der Waals surface area contributed by atoms with Crippen LogP contribution in [0.4, 0.5) is 5.82 Å². The predicted octanol–water partition coefficient (Wildman–Crippen LogP) is 3.87. The fourth-order valence-corrected chi connectivity index (χ4v) is 3.50. The largest absolute Gasteiger partial charge is 0.352 e. The SMILES string of the molecule is CCC1CCCCN1c1cnc(C(=O)NCCc2ccc(Cl)cc2)cn1. The molecule has 0 spiro atoms. The van der Waals surface area contributed by atoms with Crippen LogP contribution in [0.1, 0.15) is 48.7 Å². The third-order valence-corrected chi connectivity index (χ3v) is 5.13. The third-order valence-electron chi connectivity index (χ3n) is 4.88. The van der Waals surface area contributed by atoms with Crippen molar-refractivity contribution in [3.63, 3.8) is 0 Å². The van der Waals surface area contributed by atoms with Crippen LogP contribution in [0.15, 0.2) is 36.7 Å². The normalized spacial score (nSPS) is 17.2. The van der Waals surface area contributed by atoms with E-state index in [-0.39, 0.29) is 5.91 Å². The number of nitrogens with zero attached hydrogens (tertiary/aromatic N) is 3. The van der Waals surface area contributed by atoms with Crippen LogP contribution >= 0.6 is 11.6 Å². The lowest BCUT2D eigenvalue weighted by molar-refractivity contribution is 0.0949. The maximum absolute atomic E-state index is 12.2. The van der Waals surface area contributed by atoms with Gasteiger partial charge in [0.05, 0.1) is 12.4 Å². The lowest BCUT2D eigenvalue weighted by atomic mass is 10.0. The van der Waals surface area contributed by atoms with Crippen molar-refractivity contribution < 1.29 is 4.79 Å². The summed E-state index contributed by atoms with van der Waals surface area (Å²) in [6, 6.07) is 8.16. The molecule has 0 aliphatic carbocycles. The van der Waals surface area contributed by atoms with Crippen LogP contribution in [-0.4, -0.2) is 35.0 Å². The molecule has 1 aliphatic heterocycles. The fraction of sp³-hybridized carbons (Fsp3) is 0.450. The number of rotatable bonds is 6. The molecule has 1 amide bonds. The van der Waals surface area contributed by atoms with E-state index in [1.54, 1.807) is 12.4 Å². The average Bonchev–Trinajstić information content (AvgIpc) is 2.69. The summed E-state index contributed by atoms with van der Waals surface area (Å²) < 4.78 is 0. The second-order valence-corrected chi connectivity index (χ2v) is 7.08. The summed E-state index contributed by atoms with van der Waals surface area (Å²) in [6.45, 7) is 3.77. The Balaban J connectivity index is 1.54.